The third-order valence-electron chi connectivity index (χ3n) is 1.27. The molecule has 0 aromatic rings. The predicted octanol–water partition coefficient (Wildman–Crippen LogP) is 0.174. The topological polar surface area (TPSA) is 57.5 Å². The second kappa shape index (κ2) is 2.66. The van der Waals surface area contributed by atoms with E-state index >= 15 is 0 Å². The summed E-state index contributed by atoms with van der Waals surface area (Å²) in [6.45, 7) is 0. The van der Waals surface area contributed by atoms with E-state index in [2.05, 4.69) is 0 Å². The molecule has 0 fully saturated rings. The fourth-order valence-electron chi connectivity index (χ4n) is 0.740. The maximum Gasteiger partial charge on any atom is 0.313 e. The molecular formula is C7H8O3. The number of hydrogen-bond donors (Lipinski definition) is 2. The molecule has 1 aliphatic carbocycles. The Morgan fingerprint density at radius 3 is 2.50 bits per heavy atom. The number of allylic oxidation sites excluding steroid dienone is 2. The van der Waals surface area contributed by atoms with Crippen molar-refractivity contribution >= 4 is 5.97 Å². The average molecular weight is 141 g/mol. The number of aliphatic hydroxyl groups is 1. The Morgan fingerprint density at radius 1 is 1.50 bits per heavy atom. The highest BCUT2D eigenvalue weighted by atomic mass is 16.4. The Bertz CT molecular complexity index is 230. The minimum Gasteiger partial charge on any atom is -0.481 e. The molecule has 1 aliphatic rings. The first-order valence-corrected chi connectivity index (χ1v) is 2.85. The number of hydrogen-bond acceptors (Lipinski definition) is 2. The molecule has 0 heterocycles. The van der Waals surface area contributed by atoms with Crippen LogP contribution < -0.4 is 0 Å². The van der Waals surface area contributed by atoms with E-state index in [0.29, 0.717) is 0 Å². The standard InChI is InChI=1S/C7H8O3/c8-6-4-2-1-3-5(6)7(9)10/h1-6,8H,(H,9,10)/i6D. The normalized spacial score (nSPS) is 39.3. The van der Waals surface area contributed by atoms with Gasteiger partial charge in [0.2, 0.25) is 0 Å². The predicted molar refractivity (Wildman–Crippen MR) is 35.4 cm³/mol. The Balaban J connectivity index is 2.89. The van der Waals surface area contributed by atoms with Crippen LogP contribution in [0.5, 0.6) is 0 Å². The zero-order valence-corrected chi connectivity index (χ0v) is 5.19. The second-order valence-electron chi connectivity index (χ2n) is 1.98. The van der Waals surface area contributed by atoms with Gasteiger partial charge in [-0.1, -0.05) is 24.3 Å². The van der Waals surface area contributed by atoms with Crippen LogP contribution in [-0.4, -0.2) is 22.3 Å². The van der Waals surface area contributed by atoms with Crippen molar-refractivity contribution in [2.45, 2.75) is 6.08 Å². The van der Waals surface area contributed by atoms with Gasteiger partial charge in [0.05, 0.1) is 7.45 Å². The van der Waals surface area contributed by atoms with Crippen LogP contribution in [-0.2, 0) is 4.79 Å². The first kappa shape index (κ1) is 5.68. The summed E-state index contributed by atoms with van der Waals surface area (Å²) in [5, 5.41) is 17.7. The summed E-state index contributed by atoms with van der Waals surface area (Å²) in [6.07, 6.45) is 3.38. The summed E-state index contributed by atoms with van der Waals surface area (Å²) in [6, 6.07) is 0. The van der Waals surface area contributed by atoms with E-state index in [1.54, 1.807) is 0 Å². The Labute approximate surface area is 59.7 Å². The number of carbonyl (C=O) groups is 1. The van der Waals surface area contributed by atoms with Crippen molar-refractivity contribution < 1.29 is 16.4 Å². The summed E-state index contributed by atoms with van der Waals surface area (Å²) in [4.78, 5) is 10.4. The van der Waals surface area contributed by atoms with Gasteiger partial charge in [-0.25, -0.2) is 0 Å². The van der Waals surface area contributed by atoms with Crippen LogP contribution in [0.2, 0.25) is 0 Å². The van der Waals surface area contributed by atoms with Gasteiger partial charge in [0.1, 0.15) is 5.92 Å². The van der Waals surface area contributed by atoms with Gasteiger partial charge in [-0.3, -0.25) is 4.79 Å². The van der Waals surface area contributed by atoms with Crippen LogP contribution in [0.4, 0.5) is 0 Å². The van der Waals surface area contributed by atoms with Gasteiger partial charge < -0.3 is 10.2 Å². The van der Waals surface area contributed by atoms with Crippen molar-refractivity contribution in [3.8, 4) is 0 Å². The molecule has 0 spiro atoms. The van der Waals surface area contributed by atoms with E-state index < -0.39 is 18.0 Å². The first-order valence-electron chi connectivity index (χ1n) is 3.35. The van der Waals surface area contributed by atoms with Gasteiger partial charge in [-0.15, -0.1) is 0 Å². The Morgan fingerprint density at radius 2 is 2.10 bits per heavy atom. The molecule has 0 saturated carbocycles. The molecule has 3 heteroatoms. The van der Waals surface area contributed by atoms with Crippen molar-refractivity contribution in [1.29, 1.82) is 0 Å². The van der Waals surface area contributed by atoms with Crippen LogP contribution in [0.3, 0.4) is 0 Å². The van der Waals surface area contributed by atoms with Gasteiger partial charge >= 0.3 is 5.97 Å². The van der Waals surface area contributed by atoms with Crippen molar-refractivity contribution in [2.75, 3.05) is 0 Å². The lowest BCUT2D eigenvalue weighted by atomic mass is 9.98. The second-order valence-corrected chi connectivity index (χ2v) is 1.98. The molecule has 10 heavy (non-hydrogen) atoms. The van der Waals surface area contributed by atoms with Crippen molar-refractivity contribution in [1.82, 2.24) is 0 Å². The zero-order valence-electron chi connectivity index (χ0n) is 6.19. The average Bonchev–Trinajstić information content (AvgIpc) is 1.85. The molecular weight excluding hydrogens is 132 g/mol. The minimum atomic E-state index is -2.00. The molecule has 1 rings (SSSR count). The van der Waals surface area contributed by atoms with E-state index in [1.807, 2.05) is 0 Å². The molecule has 0 amide bonds. The van der Waals surface area contributed by atoms with E-state index in [4.69, 9.17) is 11.6 Å². The maximum absolute atomic E-state index is 10.4. The Kier molecular flexibility index (Phi) is 1.51. The first-order chi connectivity index (χ1) is 5.04. The summed E-state index contributed by atoms with van der Waals surface area (Å²) in [7, 11) is 0. The van der Waals surface area contributed by atoms with Crippen LogP contribution >= 0.6 is 0 Å². The highest BCUT2D eigenvalue weighted by Crippen LogP contribution is 2.11. The van der Waals surface area contributed by atoms with E-state index in [-0.39, 0.29) is 0 Å². The van der Waals surface area contributed by atoms with E-state index in [1.165, 1.54) is 18.2 Å². The molecule has 0 aliphatic heterocycles. The minimum absolute atomic E-state index is 1.14. The van der Waals surface area contributed by atoms with Crippen molar-refractivity contribution in [3.05, 3.63) is 24.3 Å². The highest BCUT2D eigenvalue weighted by molar-refractivity contribution is 5.73. The van der Waals surface area contributed by atoms with Gasteiger partial charge in [0, 0.05) is 0 Å². The molecule has 0 aromatic heterocycles. The Hall–Kier alpha value is -1.09. The number of rotatable bonds is 1. The number of carboxylic acid groups (broad SMARTS) is 1. The fraction of sp³-hybridized carbons (Fsp3) is 0.286. The molecule has 2 unspecified atom stereocenters. The lowest BCUT2D eigenvalue weighted by Crippen LogP contribution is -2.25. The van der Waals surface area contributed by atoms with E-state index in [9.17, 15) is 4.79 Å². The lowest BCUT2D eigenvalue weighted by Gasteiger charge is -2.13. The van der Waals surface area contributed by atoms with Gasteiger partial charge in [-0.2, -0.15) is 0 Å². The third kappa shape index (κ3) is 1.25. The summed E-state index contributed by atoms with van der Waals surface area (Å²) in [5.74, 6) is -2.35. The fourth-order valence-corrected chi connectivity index (χ4v) is 0.740. The molecule has 0 bridgehead atoms. The van der Waals surface area contributed by atoms with Crippen molar-refractivity contribution in [3.63, 3.8) is 0 Å². The number of carboxylic acids is 1. The van der Waals surface area contributed by atoms with Crippen LogP contribution in [0.1, 0.15) is 1.37 Å². The molecule has 2 N–H and O–H groups in total. The maximum atomic E-state index is 10.4. The summed E-state index contributed by atoms with van der Waals surface area (Å²) in [5.41, 5.74) is 0. The summed E-state index contributed by atoms with van der Waals surface area (Å²) < 4.78 is 7.15. The molecule has 0 saturated heterocycles. The smallest absolute Gasteiger partial charge is 0.313 e. The zero-order chi connectivity index (χ0) is 8.48. The largest absolute Gasteiger partial charge is 0.481 e. The summed E-state index contributed by atoms with van der Waals surface area (Å²) >= 11 is 0. The van der Waals surface area contributed by atoms with Crippen molar-refractivity contribution in [2.24, 2.45) is 5.92 Å². The molecule has 3 nitrogen and oxygen atoms in total. The molecule has 0 aromatic carbocycles. The van der Waals surface area contributed by atoms with Crippen LogP contribution in [0, 0.1) is 5.92 Å². The quantitative estimate of drug-likeness (QED) is 0.547. The molecule has 54 valence electrons. The number of aliphatic carboxylic acids is 1. The monoisotopic (exact) mass is 141 g/mol. The van der Waals surface area contributed by atoms with Gasteiger partial charge in [0.15, 0.2) is 0 Å². The third-order valence-corrected chi connectivity index (χ3v) is 1.27. The molecule has 2 atom stereocenters. The molecule has 0 radical (unpaired) electrons. The van der Waals surface area contributed by atoms with Gasteiger partial charge in [0.25, 0.3) is 0 Å². The SMILES string of the molecule is [2H]C1(O)C=CC=CC1C(=O)O. The van der Waals surface area contributed by atoms with Gasteiger partial charge in [-0.05, 0) is 0 Å². The lowest BCUT2D eigenvalue weighted by molar-refractivity contribution is -0.142. The van der Waals surface area contributed by atoms with Crippen LogP contribution in [0.15, 0.2) is 24.3 Å². The van der Waals surface area contributed by atoms with E-state index in [0.717, 1.165) is 6.08 Å². The van der Waals surface area contributed by atoms with Crippen LogP contribution in [0.25, 0.3) is 0 Å². The highest BCUT2D eigenvalue weighted by Gasteiger charge is 2.22.